The lowest BCUT2D eigenvalue weighted by Gasteiger charge is -2.40. The van der Waals surface area contributed by atoms with Gasteiger partial charge in [-0.15, -0.1) is 0 Å². The predicted octanol–water partition coefficient (Wildman–Crippen LogP) is 1.93. The number of carbonyl (C=O) groups excluding carboxylic acids is 1. The molecule has 2 rings (SSSR count). The summed E-state index contributed by atoms with van der Waals surface area (Å²) in [6.45, 7) is 7.15. The summed E-state index contributed by atoms with van der Waals surface area (Å²) in [6, 6.07) is 0. The highest BCUT2D eigenvalue weighted by atomic mass is 16.3. The maximum atomic E-state index is 11.9. The van der Waals surface area contributed by atoms with Gasteiger partial charge < -0.3 is 5.11 Å². The van der Waals surface area contributed by atoms with Crippen LogP contribution >= 0.6 is 0 Å². The highest BCUT2D eigenvalue weighted by molar-refractivity contribution is 6.15. The van der Waals surface area contributed by atoms with Gasteiger partial charge in [0.05, 0.1) is 0 Å². The van der Waals surface area contributed by atoms with E-state index >= 15 is 0 Å². The predicted molar refractivity (Wildman–Crippen MR) is 59.2 cm³/mol. The summed E-state index contributed by atoms with van der Waals surface area (Å²) >= 11 is 0. The molecule has 0 spiro atoms. The Hall–Kier alpha value is -1.41. The molecule has 0 saturated carbocycles. The highest BCUT2D eigenvalue weighted by Gasteiger charge is 2.52. The van der Waals surface area contributed by atoms with Crippen molar-refractivity contribution in [1.82, 2.24) is 0 Å². The fraction of sp³-hybridized carbons (Fsp3) is 0.308. The number of rotatable bonds is 2. The molecule has 1 N–H and O–H groups in total. The zero-order valence-corrected chi connectivity index (χ0v) is 8.95. The van der Waals surface area contributed by atoms with Gasteiger partial charge in [-0.1, -0.05) is 30.9 Å². The molecule has 15 heavy (non-hydrogen) atoms. The van der Waals surface area contributed by atoms with Crippen LogP contribution in [-0.4, -0.2) is 16.5 Å². The first kappa shape index (κ1) is 10.1. The normalized spacial score (nSPS) is 29.9. The molecule has 78 valence electrons. The molecule has 0 aliphatic heterocycles. The van der Waals surface area contributed by atoms with Gasteiger partial charge in [-0.25, -0.2) is 0 Å². The monoisotopic (exact) mass is 202 g/mol. The van der Waals surface area contributed by atoms with Crippen LogP contribution in [0.2, 0.25) is 0 Å². The molecular formula is C13H14O2. The van der Waals surface area contributed by atoms with E-state index in [0.717, 1.165) is 5.57 Å². The quantitative estimate of drug-likeness (QED) is 0.695. The molecule has 2 nitrogen and oxygen atoms in total. The van der Waals surface area contributed by atoms with Gasteiger partial charge >= 0.3 is 0 Å². The molecule has 0 amide bonds. The molecule has 0 aromatic carbocycles. The molecule has 1 atom stereocenters. The molecule has 0 heterocycles. The third-order valence-corrected chi connectivity index (χ3v) is 3.22. The van der Waals surface area contributed by atoms with E-state index in [2.05, 4.69) is 6.58 Å². The molecule has 0 fully saturated rings. The van der Waals surface area contributed by atoms with Gasteiger partial charge in [0.1, 0.15) is 0 Å². The van der Waals surface area contributed by atoms with Gasteiger partial charge in [-0.05, 0) is 25.0 Å². The molecule has 1 unspecified atom stereocenters. The summed E-state index contributed by atoms with van der Waals surface area (Å²) in [7, 11) is 0. The van der Waals surface area contributed by atoms with E-state index in [0.29, 0.717) is 11.1 Å². The van der Waals surface area contributed by atoms with Gasteiger partial charge in [0.15, 0.2) is 11.4 Å². The summed E-state index contributed by atoms with van der Waals surface area (Å²) < 4.78 is 0. The number of ketones is 1. The van der Waals surface area contributed by atoms with Crippen LogP contribution in [0.5, 0.6) is 0 Å². The molecule has 0 aromatic heterocycles. The number of aliphatic hydroxyl groups is 1. The Morgan fingerprint density at radius 3 is 2.40 bits per heavy atom. The molecule has 2 aliphatic carbocycles. The van der Waals surface area contributed by atoms with Crippen molar-refractivity contribution in [2.45, 2.75) is 19.4 Å². The molecule has 0 radical (unpaired) electrons. The molecule has 2 heteroatoms. The van der Waals surface area contributed by atoms with E-state index in [4.69, 9.17) is 0 Å². The molecule has 0 saturated heterocycles. The van der Waals surface area contributed by atoms with Crippen LogP contribution in [0.4, 0.5) is 0 Å². The van der Waals surface area contributed by atoms with E-state index in [-0.39, 0.29) is 11.7 Å². The van der Waals surface area contributed by atoms with Crippen LogP contribution in [0.3, 0.4) is 0 Å². The third kappa shape index (κ3) is 1.11. The van der Waals surface area contributed by atoms with Crippen LogP contribution in [0.1, 0.15) is 13.8 Å². The zero-order chi connectivity index (χ0) is 11.2. The van der Waals surface area contributed by atoms with Gasteiger partial charge in [0.2, 0.25) is 0 Å². The maximum absolute atomic E-state index is 11.9. The summed E-state index contributed by atoms with van der Waals surface area (Å²) in [5.41, 5.74) is 0.547. The summed E-state index contributed by atoms with van der Waals surface area (Å²) in [4.78, 5) is 11.9. The second kappa shape index (κ2) is 3.04. The van der Waals surface area contributed by atoms with Crippen LogP contribution in [-0.2, 0) is 4.79 Å². The van der Waals surface area contributed by atoms with E-state index in [1.54, 1.807) is 13.8 Å². The fourth-order valence-corrected chi connectivity index (χ4v) is 2.21. The van der Waals surface area contributed by atoms with Gasteiger partial charge in [0, 0.05) is 11.5 Å². The average Bonchev–Trinajstić information content (AvgIpc) is 2.69. The van der Waals surface area contributed by atoms with Crippen molar-refractivity contribution in [2.24, 2.45) is 5.92 Å². The Kier molecular flexibility index (Phi) is 2.05. The van der Waals surface area contributed by atoms with E-state index in [9.17, 15) is 9.90 Å². The first-order valence-electron chi connectivity index (χ1n) is 4.99. The Bertz CT molecular complexity index is 425. The smallest absolute Gasteiger partial charge is 0.199 e. The minimum absolute atomic E-state index is 0.0390. The first-order valence-corrected chi connectivity index (χ1v) is 4.99. The van der Waals surface area contributed by atoms with Crippen molar-refractivity contribution >= 4 is 5.78 Å². The van der Waals surface area contributed by atoms with Crippen molar-refractivity contribution in [1.29, 1.82) is 0 Å². The number of hydrogen-bond donors (Lipinski definition) is 1. The third-order valence-electron chi connectivity index (χ3n) is 3.22. The lowest BCUT2D eigenvalue weighted by Crippen LogP contribution is -2.52. The second-order valence-corrected chi connectivity index (χ2v) is 4.15. The van der Waals surface area contributed by atoms with Crippen LogP contribution in [0, 0.1) is 5.92 Å². The first-order chi connectivity index (χ1) is 6.99. The SMILES string of the molecule is C=C(C)C1(O)C(=O)C(C2C=CC=C2)=C1C. The Morgan fingerprint density at radius 2 is 2.00 bits per heavy atom. The largest absolute Gasteiger partial charge is 0.373 e. The topological polar surface area (TPSA) is 37.3 Å². The van der Waals surface area contributed by atoms with E-state index in [1.165, 1.54) is 0 Å². The van der Waals surface area contributed by atoms with Crippen molar-refractivity contribution in [3.63, 3.8) is 0 Å². The summed E-state index contributed by atoms with van der Waals surface area (Å²) in [5, 5.41) is 10.1. The number of hydrogen-bond acceptors (Lipinski definition) is 2. The fourth-order valence-electron chi connectivity index (χ4n) is 2.21. The Morgan fingerprint density at radius 1 is 1.47 bits per heavy atom. The van der Waals surface area contributed by atoms with Crippen molar-refractivity contribution in [3.05, 3.63) is 47.6 Å². The van der Waals surface area contributed by atoms with E-state index < -0.39 is 5.60 Å². The molecule has 0 bridgehead atoms. The van der Waals surface area contributed by atoms with Crippen molar-refractivity contribution in [3.8, 4) is 0 Å². The zero-order valence-electron chi connectivity index (χ0n) is 8.95. The molecule has 0 aromatic rings. The molecular weight excluding hydrogens is 188 g/mol. The van der Waals surface area contributed by atoms with Crippen LogP contribution in [0.15, 0.2) is 47.6 Å². The number of Topliss-reactive ketones (excluding diaryl/α,β-unsaturated/α-hetero) is 1. The minimum Gasteiger partial charge on any atom is -0.373 e. The summed E-state index contributed by atoms with van der Waals surface area (Å²) in [6.07, 6.45) is 7.73. The Labute approximate surface area is 89.3 Å². The maximum Gasteiger partial charge on any atom is 0.199 e. The van der Waals surface area contributed by atoms with Crippen molar-refractivity contribution in [2.75, 3.05) is 0 Å². The van der Waals surface area contributed by atoms with Gasteiger partial charge in [-0.3, -0.25) is 4.79 Å². The Balaban J connectivity index is 2.41. The standard InChI is InChI=1S/C13H14O2/c1-8(2)13(15)9(3)11(12(13)14)10-6-4-5-7-10/h4-7,10,15H,1H2,2-3H3. The second-order valence-electron chi connectivity index (χ2n) is 4.15. The van der Waals surface area contributed by atoms with Crippen LogP contribution < -0.4 is 0 Å². The lowest BCUT2D eigenvalue weighted by molar-refractivity contribution is -0.131. The van der Waals surface area contributed by atoms with Crippen molar-refractivity contribution < 1.29 is 9.90 Å². The number of carbonyl (C=O) groups is 1. The summed E-state index contributed by atoms with van der Waals surface area (Å²) in [5.74, 6) is -0.161. The van der Waals surface area contributed by atoms with E-state index in [1.807, 2.05) is 24.3 Å². The van der Waals surface area contributed by atoms with Gasteiger partial charge in [-0.2, -0.15) is 0 Å². The lowest BCUT2D eigenvalue weighted by atomic mass is 9.65. The minimum atomic E-state index is -1.40. The average molecular weight is 202 g/mol. The molecule has 2 aliphatic rings. The highest BCUT2D eigenvalue weighted by Crippen LogP contribution is 2.44. The number of allylic oxidation sites excluding steroid dienone is 4. The van der Waals surface area contributed by atoms with Crippen LogP contribution in [0.25, 0.3) is 0 Å². The van der Waals surface area contributed by atoms with Gasteiger partial charge in [0.25, 0.3) is 0 Å².